The second-order valence-corrected chi connectivity index (χ2v) is 5.66. The summed E-state index contributed by atoms with van der Waals surface area (Å²) >= 11 is 4.19. The monoisotopic (exact) mass is 192 g/mol. The molecule has 0 radical (unpaired) electrons. The summed E-state index contributed by atoms with van der Waals surface area (Å²) in [5.41, 5.74) is 0. The average molecular weight is 192 g/mol. The Kier molecular flexibility index (Phi) is 5.50. The molecule has 1 N–H and O–H groups in total. The standard InChI is InChI=1S/C8H16OS2/c9-5-2-1-4-8-10-6-3-7-11-8/h8-9H,1-7H2. The fourth-order valence-electron chi connectivity index (χ4n) is 1.13. The molecule has 0 saturated carbocycles. The van der Waals surface area contributed by atoms with Gasteiger partial charge in [-0.15, -0.1) is 23.5 Å². The van der Waals surface area contributed by atoms with E-state index in [0.717, 1.165) is 11.0 Å². The second kappa shape index (κ2) is 6.21. The molecule has 1 fully saturated rings. The predicted octanol–water partition coefficient (Wildman–Crippen LogP) is 2.35. The number of rotatable bonds is 4. The molecule has 0 aromatic rings. The lowest BCUT2D eigenvalue weighted by molar-refractivity contribution is 0.284. The van der Waals surface area contributed by atoms with E-state index in [1.807, 2.05) is 0 Å². The Morgan fingerprint density at radius 1 is 1.18 bits per heavy atom. The summed E-state index contributed by atoms with van der Waals surface area (Å²) in [7, 11) is 0. The van der Waals surface area contributed by atoms with Crippen LogP contribution < -0.4 is 0 Å². The van der Waals surface area contributed by atoms with Crippen molar-refractivity contribution in [2.45, 2.75) is 30.3 Å². The normalized spacial score (nSPS) is 20.5. The molecule has 0 bridgehead atoms. The van der Waals surface area contributed by atoms with E-state index in [1.54, 1.807) is 0 Å². The van der Waals surface area contributed by atoms with Gasteiger partial charge in [0, 0.05) is 6.61 Å². The first-order valence-electron chi connectivity index (χ1n) is 4.27. The highest BCUT2D eigenvalue weighted by Crippen LogP contribution is 2.33. The van der Waals surface area contributed by atoms with Crippen molar-refractivity contribution in [3.63, 3.8) is 0 Å². The Morgan fingerprint density at radius 2 is 1.91 bits per heavy atom. The fraction of sp³-hybridized carbons (Fsp3) is 1.00. The third kappa shape index (κ3) is 4.28. The maximum Gasteiger partial charge on any atom is 0.0502 e. The van der Waals surface area contributed by atoms with Crippen LogP contribution in [0.2, 0.25) is 0 Å². The maximum absolute atomic E-state index is 8.58. The van der Waals surface area contributed by atoms with Gasteiger partial charge in [-0.1, -0.05) is 0 Å². The molecule has 0 aromatic carbocycles. The summed E-state index contributed by atoms with van der Waals surface area (Å²) in [4.78, 5) is 0. The van der Waals surface area contributed by atoms with Crippen LogP contribution in [0.3, 0.4) is 0 Å². The zero-order valence-electron chi connectivity index (χ0n) is 6.79. The molecule has 0 aromatic heterocycles. The molecule has 1 aliphatic rings. The van der Waals surface area contributed by atoms with Gasteiger partial charge in [0.25, 0.3) is 0 Å². The fourth-order valence-corrected chi connectivity index (χ4v) is 4.09. The molecule has 0 spiro atoms. The molecule has 0 atom stereocenters. The van der Waals surface area contributed by atoms with E-state index in [2.05, 4.69) is 23.5 Å². The van der Waals surface area contributed by atoms with Gasteiger partial charge in [-0.05, 0) is 37.2 Å². The molecular formula is C8H16OS2. The van der Waals surface area contributed by atoms with Gasteiger partial charge in [-0.25, -0.2) is 0 Å². The van der Waals surface area contributed by atoms with Crippen molar-refractivity contribution in [3.05, 3.63) is 0 Å². The van der Waals surface area contributed by atoms with Crippen molar-refractivity contribution in [1.82, 2.24) is 0 Å². The molecule has 66 valence electrons. The van der Waals surface area contributed by atoms with Crippen LogP contribution in [0.1, 0.15) is 25.7 Å². The van der Waals surface area contributed by atoms with E-state index in [4.69, 9.17) is 5.11 Å². The quantitative estimate of drug-likeness (QED) is 0.690. The first-order valence-corrected chi connectivity index (χ1v) is 6.37. The number of hydrogen-bond acceptors (Lipinski definition) is 3. The second-order valence-electron chi connectivity index (χ2n) is 2.74. The highest BCUT2D eigenvalue weighted by atomic mass is 32.2. The van der Waals surface area contributed by atoms with Crippen LogP contribution in [0.25, 0.3) is 0 Å². The number of hydrogen-bond donors (Lipinski definition) is 1. The van der Waals surface area contributed by atoms with E-state index >= 15 is 0 Å². The molecule has 1 rings (SSSR count). The van der Waals surface area contributed by atoms with E-state index in [9.17, 15) is 0 Å². The molecule has 11 heavy (non-hydrogen) atoms. The lowest BCUT2D eigenvalue weighted by atomic mass is 10.3. The summed E-state index contributed by atoms with van der Waals surface area (Å²) in [6, 6.07) is 0. The van der Waals surface area contributed by atoms with E-state index < -0.39 is 0 Å². The minimum atomic E-state index is 0.363. The summed E-state index contributed by atoms with van der Waals surface area (Å²) in [5.74, 6) is 2.69. The van der Waals surface area contributed by atoms with Crippen LogP contribution in [0.4, 0.5) is 0 Å². The molecule has 1 saturated heterocycles. The SMILES string of the molecule is OCCCCC1SCCCS1. The van der Waals surface area contributed by atoms with E-state index in [0.29, 0.717) is 6.61 Å². The first-order chi connectivity index (χ1) is 5.43. The van der Waals surface area contributed by atoms with Crippen molar-refractivity contribution < 1.29 is 5.11 Å². The summed E-state index contributed by atoms with van der Waals surface area (Å²) in [5, 5.41) is 8.58. The topological polar surface area (TPSA) is 20.2 Å². The van der Waals surface area contributed by atoms with Gasteiger partial charge < -0.3 is 5.11 Å². The highest BCUT2D eigenvalue weighted by Gasteiger charge is 2.12. The van der Waals surface area contributed by atoms with Gasteiger partial charge in [0.05, 0.1) is 4.58 Å². The van der Waals surface area contributed by atoms with Gasteiger partial charge in [0.1, 0.15) is 0 Å². The number of thioether (sulfide) groups is 2. The number of aliphatic hydroxyl groups is 1. The third-order valence-corrected chi connectivity index (χ3v) is 4.82. The van der Waals surface area contributed by atoms with E-state index in [1.165, 1.54) is 30.8 Å². The molecule has 0 unspecified atom stereocenters. The summed E-state index contributed by atoms with van der Waals surface area (Å²) in [6.07, 6.45) is 4.85. The first kappa shape index (κ1) is 9.75. The van der Waals surface area contributed by atoms with Crippen LogP contribution in [0.5, 0.6) is 0 Å². The van der Waals surface area contributed by atoms with Gasteiger partial charge >= 0.3 is 0 Å². The smallest absolute Gasteiger partial charge is 0.0502 e. The Bertz CT molecular complexity index is 92.1. The predicted molar refractivity (Wildman–Crippen MR) is 54.3 cm³/mol. The van der Waals surface area contributed by atoms with E-state index in [-0.39, 0.29) is 0 Å². The van der Waals surface area contributed by atoms with Crippen LogP contribution >= 0.6 is 23.5 Å². The highest BCUT2D eigenvalue weighted by molar-refractivity contribution is 8.17. The zero-order chi connectivity index (χ0) is 7.94. The number of unbranched alkanes of at least 4 members (excludes halogenated alkanes) is 1. The molecule has 1 heterocycles. The lowest BCUT2D eigenvalue weighted by Gasteiger charge is -2.20. The van der Waals surface area contributed by atoms with Gasteiger partial charge in [0.15, 0.2) is 0 Å². The Morgan fingerprint density at radius 3 is 2.55 bits per heavy atom. The molecule has 1 aliphatic heterocycles. The van der Waals surface area contributed by atoms with Crippen LogP contribution in [-0.2, 0) is 0 Å². The minimum Gasteiger partial charge on any atom is -0.396 e. The molecule has 0 aliphatic carbocycles. The summed E-state index contributed by atoms with van der Waals surface area (Å²) in [6.45, 7) is 0.363. The molecule has 0 amide bonds. The largest absolute Gasteiger partial charge is 0.396 e. The van der Waals surface area contributed by atoms with Crippen LogP contribution in [0.15, 0.2) is 0 Å². The summed E-state index contributed by atoms with van der Waals surface area (Å²) < 4.78 is 0.829. The van der Waals surface area contributed by atoms with Crippen molar-refractivity contribution >= 4 is 23.5 Å². The third-order valence-electron chi connectivity index (χ3n) is 1.74. The molecular weight excluding hydrogens is 176 g/mol. The van der Waals surface area contributed by atoms with Crippen molar-refractivity contribution in [1.29, 1.82) is 0 Å². The minimum absolute atomic E-state index is 0.363. The van der Waals surface area contributed by atoms with Gasteiger partial charge in [-0.3, -0.25) is 0 Å². The van der Waals surface area contributed by atoms with Crippen LogP contribution in [-0.4, -0.2) is 27.8 Å². The van der Waals surface area contributed by atoms with Gasteiger partial charge in [-0.2, -0.15) is 0 Å². The Labute approximate surface area is 77.3 Å². The maximum atomic E-state index is 8.58. The Hall–Kier alpha value is 0.660. The van der Waals surface area contributed by atoms with Crippen molar-refractivity contribution in [2.24, 2.45) is 0 Å². The van der Waals surface area contributed by atoms with Crippen molar-refractivity contribution in [3.8, 4) is 0 Å². The Balaban J connectivity index is 1.96. The lowest BCUT2D eigenvalue weighted by Crippen LogP contribution is -2.06. The van der Waals surface area contributed by atoms with Gasteiger partial charge in [0.2, 0.25) is 0 Å². The molecule has 1 nitrogen and oxygen atoms in total. The molecule has 3 heteroatoms. The van der Waals surface area contributed by atoms with Crippen LogP contribution in [0, 0.1) is 0 Å². The average Bonchev–Trinajstić information content (AvgIpc) is 2.07. The van der Waals surface area contributed by atoms with Crippen molar-refractivity contribution in [2.75, 3.05) is 18.1 Å². The zero-order valence-corrected chi connectivity index (χ0v) is 8.42. The number of aliphatic hydroxyl groups excluding tert-OH is 1.